The second-order valence-electron chi connectivity index (χ2n) is 4.72. The van der Waals surface area contributed by atoms with Gasteiger partial charge < -0.3 is 10.2 Å². The highest BCUT2D eigenvalue weighted by molar-refractivity contribution is 6.09. The van der Waals surface area contributed by atoms with Crippen molar-refractivity contribution in [2.45, 2.75) is 26.7 Å². The summed E-state index contributed by atoms with van der Waals surface area (Å²) < 4.78 is 0. The van der Waals surface area contributed by atoms with Crippen LogP contribution in [0.3, 0.4) is 0 Å². The van der Waals surface area contributed by atoms with Crippen molar-refractivity contribution in [2.24, 2.45) is 0 Å². The van der Waals surface area contributed by atoms with Crippen LogP contribution < -0.4 is 0 Å². The van der Waals surface area contributed by atoms with Gasteiger partial charge >= 0.3 is 0 Å². The van der Waals surface area contributed by atoms with Gasteiger partial charge in [-0.1, -0.05) is 13.8 Å². The average Bonchev–Trinajstić information content (AvgIpc) is 2.47. The van der Waals surface area contributed by atoms with Crippen LogP contribution in [0.4, 0.5) is 0 Å². The van der Waals surface area contributed by atoms with E-state index in [9.17, 15) is 15.0 Å². The lowest BCUT2D eigenvalue weighted by Crippen LogP contribution is -2.03. The van der Waals surface area contributed by atoms with Crippen molar-refractivity contribution in [3.05, 3.63) is 58.7 Å². The van der Waals surface area contributed by atoms with Crippen molar-refractivity contribution in [2.75, 3.05) is 0 Å². The molecule has 0 heterocycles. The maximum Gasteiger partial charge on any atom is 0.193 e. The van der Waals surface area contributed by atoms with Crippen LogP contribution in [0.2, 0.25) is 0 Å². The van der Waals surface area contributed by atoms with E-state index in [0.717, 1.165) is 11.1 Å². The number of carbonyl (C=O) groups is 1. The van der Waals surface area contributed by atoms with Gasteiger partial charge in [-0.25, -0.2) is 0 Å². The smallest absolute Gasteiger partial charge is 0.193 e. The molecular formula is C17H18O3. The van der Waals surface area contributed by atoms with Crippen LogP contribution in [0.5, 0.6) is 11.5 Å². The molecule has 0 fully saturated rings. The lowest BCUT2D eigenvalue weighted by Gasteiger charge is -2.08. The van der Waals surface area contributed by atoms with E-state index >= 15 is 0 Å². The molecular weight excluding hydrogens is 252 g/mol. The first-order valence-electron chi connectivity index (χ1n) is 6.75. The van der Waals surface area contributed by atoms with Crippen LogP contribution in [0, 0.1) is 0 Å². The number of rotatable bonds is 4. The van der Waals surface area contributed by atoms with Crippen molar-refractivity contribution >= 4 is 5.78 Å². The highest BCUT2D eigenvalue weighted by atomic mass is 16.3. The molecule has 0 bridgehead atoms. The molecule has 0 saturated carbocycles. The molecule has 0 spiro atoms. The van der Waals surface area contributed by atoms with Gasteiger partial charge in [-0.3, -0.25) is 4.79 Å². The zero-order valence-electron chi connectivity index (χ0n) is 11.7. The normalized spacial score (nSPS) is 10.5. The fraction of sp³-hybridized carbons (Fsp3) is 0.235. The summed E-state index contributed by atoms with van der Waals surface area (Å²) in [5.41, 5.74) is 2.61. The van der Waals surface area contributed by atoms with Crippen LogP contribution in [0.15, 0.2) is 36.4 Å². The van der Waals surface area contributed by atoms with Crippen LogP contribution in [-0.2, 0) is 12.8 Å². The predicted octanol–water partition coefficient (Wildman–Crippen LogP) is 3.45. The molecule has 2 rings (SSSR count). The third kappa shape index (κ3) is 2.67. The molecule has 0 atom stereocenters. The lowest BCUT2D eigenvalue weighted by molar-refractivity contribution is 0.103. The standard InChI is InChI=1S/C17H18O3/c1-3-11-9-13(5-7-15(11)18)17(20)14-6-8-16(19)12(4-2)10-14/h5-10,18-19H,3-4H2,1-2H3. The van der Waals surface area contributed by atoms with Crippen molar-refractivity contribution < 1.29 is 15.0 Å². The summed E-state index contributed by atoms with van der Waals surface area (Å²) >= 11 is 0. The van der Waals surface area contributed by atoms with Crippen molar-refractivity contribution in [1.29, 1.82) is 0 Å². The molecule has 0 radical (unpaired) electrons. The summed E-state index contributed by atoms with van der Waals surface area (Å²) in [5, 5.41) is 19.3. The summed E-state index contributed by atoms with van der Waals surface area (Å²) in [6.07, 6.45) is 1.34. The van der Waals surface area contributed by atoms with Gasteiger partial charge in [0.15, 0.2) is 5.78 Å². The molecule has 0 aromatic heterocycles. The number of hydrogen-bond donors (Lipinski definition) is 2. The summed E-state index contributed by atoms with van der Waals surface area (Å²) in [5.74, 6) is 0.322. The zero-order valence-corrected chi connectivity index (χ0v) is 11.7. The van der Waals surface area contributed by atoms with E-state index < -0.39 is 0 Å². The van der Waals surface area contributed by atoms with E-state index in [-0.39, 0.29) is 17.3 Å². The van der Waals surface area contributed by atoms with Gasteiger partial charge in [-0.15, -0.1) is 0 Å². The quantitative estimate of drug-likeness (QED) is 0.836. The average molecular weight is 270 g/mol. The number of hydrogen-bond acceptors (Lipinski definition) is 3. The second-order valence-corrected chi connectivity index (χ2v) is 4.72. The summed E-state index contributed by atoms with van der Waals surface area (Å²) in [6, 6.07) is 9.78. The van der Waals surface area contributed by atoms with E-state index in [1.54, 1.807) is 36.4 Å². The molecule has 0 amide bonds. The third-order valence-corrected chi connectivity index (χ3v) is 3.45. The van der Waals surface area contributed by atoms with Crippen molar-refractivity contribution in [3.8, 4) is 11.5 Å². The number of benzene rings is 2. The minimum Gasteiger partial charge on any atom is -0.508 e. The first-order valence-corrected chi connectivity index (χ1v) is 6.75. The van der Waals surface area contributed by atoms with E-state index in [2.05, 4.69) is 0 Å². The van der Waals surface area contributed by atoms with E-state index in [1.807, 2.05) is 13.8 Å². The third-order valence-electron chi connectivity index (χ3n) is 3.45. The first kappa shape index (κ1) is 14.1. The minimum absolute atomic E-state index is 0.102. The molecule has 104 valence electrons. The van der Waals surface area contributed by atoms with Crippen LogP contribution >= 0.6 is 0 Å². The largest absolute Gasteiger partial charge is 0.508 e. The summed E-state index contributed by atoms with van der Waals surface area (Å²) in [4.78, 5) is 12.4. The lowest BCUT2D eigenvalue weighted by atomic mass is 9.98. The van der Waals surface area contributed by atoms with Crippen molar-refractivity contribution in [1.82, 2.24) is 0 Å². The monoisotopic (exact) mass is 270 g/mol. The van der Waals surface area contributed by atoms with Crippen LogP contribution in [0.1, 0.15) is 40.9 Å². The Kier molecular flexibility index (Phi) is 4.08. The molecule has 0 aliphatic rings. The Labute approximate surface area is 118 Å². The topological polar surface area (TPSA) is 57.5 Å². The summed E-state index contributed by atoms with van der Waals surface area (Å²) in [7, 11) is 0. The fourth-order valence-corrected chi connectivity index (χ4v) is 2.19. The Hall–Kier alpha value is -2.29. The fourth-order valence-electron chi connectivity index (χ4n) is 2.19. The molecule has 3 nitrogen and oxygen atoms in total. The first-order chi connectivity index (χ1) is 9.56. The number of ketones is 1. The second kappa shape index (κ2) is 5.78. The van der Waals surface area contributed by atoms with Gasteiger partial charge in [0.1, 0.15) is 11.5 Å². The van der Waals surface area contributed by atoms with Gasteiger partial charge in [0.05, 0.1) is 0 Å². The molecule has 2 N–H and O–H groups in total. The van der Waals surface area contributed by atoms with Gasteiger partial charge in [0.25, 0.3) is 0 Å². The van der Waals surface area contributed by atoms with Gasteiger partial charge in [-0.2, -0.15) is 0 Å². The van der Waals surface area contributed by atoms with Gasteiger partial charge in [0.2, 0.25) is 0 Å². The minimum atomic E-state index is -0.102. The van der Waals surface area contributed by atoms with Gasteiger partial charge in [0, 0.05) is 11.1 Å². The Morgan fingerprint density at radius 1 is 0.850 bits per heavy atom. The zero-order chi connectivity index (χ0) is 14.7. The highest BCUT2D eigenvalue weighted by Gasteiger charge is 2.12. The number of aryl methyl sites for hydroxylation is 2. The van der Waals surface area contributed by atoms with E-state index in [0.29, 0.717) is 24.0 Å². The maximum absolute atomic E-state index is 12.4. The molecule has 3 heteroatoms. The number of carbonyl (C=O) groups excluding carboxylic acids is 1. The number of aromatic hydroxyl groups is 2. The van der Waals surface area contributed by atoms with Crippen LogP contribution in [0.25, 0.3) is 0 Å². The summed E-state index contributed by atoms with van der Waals surface area (Å²) in [6.45, 7) is 3.86. The Balaban J connectivity index is 2.41. The predicted molar refractivity (Wildman–Crippen MR) is 78.4 cm³/mol. The molecule has 0 saturated heterocycles. The molecule has 0 aliphatic heterocycles. The Morgan fingerprint density at radius 3 is 1.60 bits per heavy atom. The maximum atomic E-state index is 12.4. The molecule has 20 heavy (non-hydrogen) atoms. The molecule has 0 aliphatic carbocycles. The van der Waals surface area contributed by atoms with E-state index in [4.69, 9.17) is 0 Å². The van der Waals surface area contributed by atoms with Gasteiger partial charge in [-0.05, 0) is 60.4 Å². The van der Waals surface area contributed by atoms with Crippen LogP contribution in [-0.4, -0.2) is 16.0 Å². The van der Waals surface area contributed by atoms with E-state index in [1.165, 1.54) is 0 Å². The van der Waals surface area contributed by atoms with Crippen molar-refractivity contribution in [3.63, 3.8) is 0 Å². The molecule has 2 aromatic carbocycles. The molecule has 0 unspecified atom stereocenters. The number of phenols is 2. The number of phenolic OH excluding ortho intramolecular Hbond substituents is 2. The Morgan fingerprint density at radius 2 is 1.25 bits per heavy atom. The highest BCUT2D eigenvalue weighted by Crippen LogP contribution is 2.23. The molecule has 2 aromatic rings. The SMILES string of the molecule is CCc1cc(C(=O)c2ccc(O)c(CC)c2)ccc1O. The Bertz CT molecular complexity index is 589.